The minimum Gasteiger partial charge on any atom is -0.339 e. The summed E-state index contributed by atoms with van der Waals surface area (Å²) in [5.74, 6) is -0.363. The molecule has 5 heteroatoms. The number of benzene rings is 1. The van der Waals surface area contributed by atoms with Gasteiger partial charge in [0.2, 0.25) is 11.8 Å². The number of carbonyl (C=O) groups excluding carboxylic acids is 2. The number of amides is 2. The van der Waals surface area contributed by atoms with Gasteiger partial charge in [0.1, 0.15) is 0 Å². The monoisotopic (exact) mass is 294 g/mol. The van der Waals surface area contributed by atoms with Crippen molar-refractivity contribution in [2.45, 2.75) is 33.2 Å². The van der Waals surface area contributed by atoms with Crippen LogP contribution < -0.4 is 5.32 Å². The van der Waals surface area contributed by atoms with Gasteiger partial charge in [-0.15, -0.1) is 0 Å². The van der Waals surface area contributed by atoms with E-state index in [-0.39, 0.29) is 30.2 Å². The lowest BCUT2D eigenvalue weighted by molar-refractivity contribution is -0.129. The second-order valence-corrected chi connectivity index (χ2v) is 5.93. The van der Waals surface area contributed by atoms with Gasteiger partial charge in [0.15, 0.2) is 0 Å². The summed E-state index contributed by atoms with van der Waals surface area (Å²) in [5, 5.41) is 3.45. The van der Waals surface area contributed by atoms with Crippen molar-refractivity contribution in [1.29, 1.82) is 0 Å². The zero-order valence-corrected chi connectivity index (χ0v) is 12.7. The first kappa shape index (κ1) is 14.9. The smallest absolute Gasteiger partial charge is 0.229 e. The number of nitrogens with one attached hydrogen (secondary N) is 1. The molecular formula is C15H19ClN2O2. The number of rotatable bonds is 3. The lowest BCUT2D eigenvalue weighted by atomic mass is 10.1. The number of carbonyl (C=O) groups is 2. The molecule has 0 aromatic heterocycles. The minimum atomic E-state index is -0.289. The zero-order chi connectivity index (χ0) is 14.9. The molecule has 1 fully saturated rings. The number of halogens is 1. The van der Waals surface area contributed by atoms with Crippen LogP contribution in [0.1, 0.15) is 25.8 Å². The van der Waals surface area contributed by atoms with E-state index in [1.165, 1.54) is 0 Å². The van der Waals surface area contributed by atoms with E-state index in [1.807, 2.05) is 26.8 Å². The van der Waals surface area contributed by atoms with Crippen LogP contribution in [0.2, 0.25) is 5.02 Å². The van der Waals surface area contributed by atoms with Crippen molar-refractivity contribution in [3.63, 3.8) is 0 Å². The van der Waals surface area contributed by atoms with Gasteiger partial charge in [-0.1, -0.05) is 17.7 Å². The average molecular weight is 295 g/mol. The number of nitrogens with zero attached hydrogens (tertiary/aromatic N) is 1. The van der Waals surface area contributed by atoms with Crippen molar-refractivity contribution >= 4 is 29.1 Å². The Hall–Kier alpha value is -1.55. The molecule has 1 aliphatic rings. The van der Waals surface area contributed by atoms with Crippen LogP contribution in [0, 0.1) is 12.8 Å². The van der Waals surface area contributed by atoms with E-state index in [9.17, 15) is 9.59 Å². The van der Waals surface area contributed by atoms with Crippen LogP contribution in [0.5, 0.6) is 0 Å². The molecule has 0 aliphatic carbocycles. The standard InChI is InChI=1S/C15H19ClN2O2/c1-9(2)18-8-11(6-14(18)19)15(20)17-13-7-12(16)5-4-10(13)3/h4-5,7,9,11H,6,8H2,1-3H3,(H,17,20)/t11-/m1/s1. The molecule has 1 atom stereocenters. The van der Waals surface area contributed by atoms with Crippen LogP contribution in [-0.2, 0) is 9.59 Å². The summed E-state index contributed by atoms with van der Waals surface area (Å²) < 4.78 is 0. The van der Waals surface area contributed by atoms with Crippen molar-refractivity contribution in [3.05, 3.63) is 28.8 Å². The average Bonchev–Trinajstić information content (AvgIpc) is 2.76. The first-order valence-electron chi connectivity index (χ1n) is 6.75. The van der Waals surface area contributed by atoms with E-state index < -0.39 is 0 Å². The summed E-state index contributed by atoms with van der Waals surface area (Å²) in [6, 6.07) is 5.50. The van der Waals surface area contributed by atoms with Gasteiger partial charge in [-0.3, -0.25) is 9.59 Å². The number of aryl methyl sites for hydroxylation is 1. The predicted molar refractivity (Wildman–Crippen MR) is 79.8 cm³/mol. The van der Waals surface area contributed by atoms with Crippen molar-refractivity contribution in [2.75, 3.05) is 11.9 Å². The predicted octanol–water partition coefficient (Wildman–Crippen LogP) is 2.84. The fraction of sp³-hybridized carbons (Fsp3) is 0.467. The highest BCUT2D eigenvalue weighted by atomic mass is 35.5. The van der Waals surface area contributed by atoms with E-state index in [4.69, 9.17) is 11.6 Å². The first-order chi connectivity index (χ1) is 9.38. The Balaban J connectivity index is 2.06. The van der Waals surface area contributed by atoms with Crippen LogP contribution in [0.15, 0.2) is 18.2 Å². The summed E-state index contributed by atoms with van der Waals surface area (Å²) in [6.07, 6.45) is 0.281. The molecule has 0 saturated carbocycles. The molecule has 0 unspecified atom stereocenters. The van der Waals surface area contributed by atoms with E-state index in [0.717, 1.165) is 5.56 Å². The van der Waals surface area contributed by atoms with Gasteiger partial charge in [-0.25, -0.2) is 0 Å². The molecule has 4 nitrogen and oxygen atoms in total. The number of hydrogen-bond acceptors (Lipinski definition) is 2. The summed E-state index contributed by atoms with van der Waals surface area (Å²) in [4.78, 5) is 25.8. The van der Waals surface area contributed by atoms with Gasteiger partial charge in [-0.2, -0.15) is 0 Å². The molecule has 108 valence electrons. The highest BCUT2D eigenvalue weighted by molar-refractivity contribution is 6.31. The molecule has 0 radical (unpaired) electrons. The van der Waals surface area contributed by atoms with Crippen LogP contribution in [-0.4, -0.2) is 29.3 Å². The Kier molecular flexibility index (Phi) is 4.33. The third-order valence-electron chi connectivity index (χ3n) is 3.61. The second kappa shape index (κ2) is 5.83. The second-order valence-electron chi connectivity index (χ2n) is 5.49. The largest absolute Gasteiger partial charge is 0.339 e. The third kappa shape index (κ3) is 3.12. The highest BCUT2D eigenvalue weighted by Crippen LogP contribution is 2.24. The van der Waals surface area contributed by atoms with E-state index in [2.05, 4.69) is 5.32 Å². The topological polar surface area (TPSA) is 49.4 Å². The quantitative estimate of drug-likeness (QED) is 0.932. The van der Waals surface area contributed by atoms with Gasteiger partial charge < -0.3 is 10.2 Å². The van der Waals surface area contributed by atoms with Gasteiger partial charge in [0.05, 0.1) is 5.92 Å². The van der Waals surface area contributed by atoms with Gasteiger partial charge in [-0.05, 0) is 38.5 Å². The van der Waals surface area contributed by atoms with Gasteiger partial charge in [0, 0.05) is 29.7 Å². The SMILES string of the molecule is Cc1ccc(Cl)cc1NC(=O)[C@@H]1CC(=O)N(C(C)C)C1. The maximum absolute atomic E-state index is 12.3. The number of anilines is 1. The van der Waals surface area contributed by atoms with E-state index >= 15 is 0 Å². The number of hydrogen-bond donors (Lipinski definition) is 1. The molecule has 1 saturated heterocycles. The zero-order valence-electron chi connectivity index (χ0n) is 11.9. The first-order valence-corrected chi connectivity index (χ1v) is 7.12. The van der Waals surface area contributed by atoms with Crippen molar-refractivity contribution < 1.29 is 9.59 Å². The lowest BCUT2D eigenvalue weighted by Gasteiger charge is -2.20. The van der Waals surface area contributed by atoms with Crippen LogP contribution in [0.3, 0.4) is 0 Å². The van der Waals surface area contributed by atoms with Gasteiger partial charge >= 0.3 is 0 Å². The third-order valence-corrected chi connectivity index (χ3v) is 3.85. The maximum atomic E-state index is 12.3. The molecule has 1 N–H and O–H groups in total. The molecule has 1 aliphatic heterocycles. The lowest BCUT2D eigenvalue weighted by Crippen LogP contribution is -2.33. The fourth-order valence-corrected chi connectivity index (χ4v) is 2.54. The molecular weight excluding hydrogens is 276 g/mol. The fourth-order valence-electron chi connectivity index (χ4n) is 2.37. The van der Waals surface area contributed by atoms with E-state index in [1.54, 1.807) is 17.0 Å². The van der Waals surface area contributed by atoms with Crippen LogP contribution in [0.4, 0.5) is 5.69 Å². The molecule has 2 rings (SSSR count). The summed E-state index contributed by atoms with van der Waals surface area (Å²) in [5.41, 5.74) is 1.66. The summed E-state index contributed by atoms with van der Waals surface area (Å²) >= 11 is 5.93. The Morgan fingerprint density at radius 1 is 1.45 bits per heavy atom. The van der Waals surface area contributed by atoms with Crippen LogP contribution in [0.25, 0.3) is 0 Å². The van der Waals surface area contributed by atoms with Crippen LogP contribution >= 0.6 is 11.6 Å². The number of likely N-dealkylation sites (tertiary alicyclic amines) is 1. The van der Waals surface area contributed by atoms with E-state index in [0.29, 0.717) is 17.3 Å². The van der Waals surface area contributed by atoms with Crippen molar-refractivity contribution in [1.82, 2.24) is 4.90 Å². The normalized spacial score (nSPS) is 18.8. The Morgan fingerprint density at radius 3 is 2.75 bits per heavy atom. The Labute approximate surface area is 124 Å². The van der Waals surface area contributed by atoms with Crippen molar-refractivity contribution in [3.8, 4) is 0 Å². The Morgan fingerprint density at radius 2 is 2.15 bits per heavy atom. The molecule has 1 aromatic rings. The summed E-state index contributed by atoms with van der Waals surface area (Å²) in [7, 11) is 0. The molecule has 0 bridgehead atoms. The highest BCUT2D eigenvalue weighted by Gasteiger charge is 2.35. The molecule has 0 spiro atoms. The summed E-state index contributed by atoms with van der Waals surface area (Å²) in [6.45, 7) is 6.31. The molecule has 20 heavy (non-hydrogen) atoms. The van der Waals surface area contributed by atoms with Crippen molar-refractivity contribution in [2.24, 2.45) is 5.92 Å². The van der Waals surface area contributed by atoms with Gasteiger partial charge in [0.25, 0.3) is 0 Å². The maximum Gasteiger partial charge on any atom is 0.229 e. The molecule has 2 amide bonds. The molecule has 1 heterocycles. The Bertz CT molecular complexity index is 543. The molecule has 1 aromatic carbocycles. The minimum absolute atomic E-state index is 0.0444.